The predicted octanol–water partition coefficient (Wildman–Crippen LogP) is 2.65. The number of nitriles is 1. The molecule has 1 heterocycles. The number of anilines is 1. The van der Waals surface area contributed by atoms with Crippen LogP contribution in [0.2, 0.25) is 5.02 Å². The van der Waals surface area contributed by atoms with E-state index in [1.165, 1.54) is 12.8 Å². The molecule has 0 aliphatic heterocycles. The first-order chi connectivity index (χ1) is 8.74. The van der Waals surface area contributed by atoms with E-state index in [9.17, 15) is 0 Å². The largest absolute Gasteiger partial charge is 0.373 e. The minimum atomic E-state index is 0.555. The van der Waals surface area contributed by atoms with Crippen molar-refractivity contribution in [1.29, 1.82) is 5.26 Å². The monoisotopic (exact) mass is 264 g/mol. The Kier molecular flexibility index (Phi) is 4.40. The highest BCUT2D eigenvalue weighted by molar-refractivity contribution is 6.31. The van der Waals surface area contributed by atoms with E-state index >= 15 is 0 Å². The fourth-order valence-corrected chi connectivity index (χ4v) is 2.12. The lowest BCUT2D eigenvalue weighted by Crippen LogP contribution is -2.27. The maximum atomic E-state index is 8.69. The van der Waals surface area contributed by atoms with Gasteiger partial charge in [-0.3, -0.25) is 4.90 Å². The van der Waals surface area contributed by atoms with Gasteiger partial charge in [0.15, 0.2) is 0 Å². The SMILES string of the molecule is CNc1ccc(Cl)c(CN(CCC#N)C2CC2)n1. The topological polar surface area (TPSA) is 52.0 Å². The van der Waals surface area contributed by atoms with Gasteiger partial charge in [-0.1, -0.05) is 11.6 Å². The lowest BCUT2D eigenvalue weighted by molar-refractivity contribution is 0.258. The van der Waals surface area contributed by atoms with Crippen molar-refractivity contribution in [3.8, 4) is 6.07 Å². The molecule has 1 N–H and O–H groups in total. The number of pyridine rings is 1. The van der Waals surface area contributed by atoms with Gasteiger partial charge in [-0.15, -0.1) is 0 Å². The first-order valence-electron chi connectivity index (χ1n) is 6.18. The van der Waals surface area contributed by atoms with Crippen LogP contribution in [0.1, 0.15) is 25.0 Å². The molecular weight excluding hydrogens is 248 g/mol. The van der Waals surface area contributed by atoms with Crippen LogP contribution in [0.15, 0.2) is 12.1 Å². The maximum absolute atomic E-state index is 8.69. The summed E-state index contributed by atoms with van der Waals surface area (Å²) in [6.45, 7) is 1.52. The average molecular weight is 265 g/mol. The van der Waals surface area contributed by atoms with Gasteiger partial charge in [0.05, 0.1) is 16.8 Å². The van der Waals surface area contributed by atoms with Gasteiger partial charge >= 0.3 is 0 Å². The van der Waals surface area contributed by atoms with E-state index in [2.05, 4.69) is 21.3 Å². The molecule has 1 aliphatic rings. The van der Waals surface area contributed by atoms with E-state index in [4.69, 9.17) is 16.9 Å². The van der Waals surface area contributed by atoms with Crippen molar-refractivity contribution in [3.63, 3.8) is 0 Å². The molecule has 0 aromatic carbocycles. The Balaban J connectivity index is 2.07. The fraction of sp³-hybridized carbons (Fsp3) is 0.538. The molecule has 2 rings (SSSR count). The van der Waals surface area contributed by atoms with Crippen molar-refractivity contribution in [3.05, 3.63) is 22.8 Å². The zero-order valence-electron chi connectivity index (χ0n) is 10.5. The number of aromatic nitrogens is 1. The molecule has 0 unspecified atom stereocenters. The van der Waals surface area contributed by atoms with Gasteiger partial charge in [0.25, 0.3) is 0 Å². The summed E-state index contributed by atoms with van der Waals surface area (Å²) in [5, 5.41) is 12.4. The standard InChI is InChI=1S/C13H17ClN4/c1-16-13-6-5-11(14)12(17-13)9-18(8-2-7-15)10-3-4-10/h5-6,10H,2-4,8-9H2,1H3,(H,16,17). The summed E-state index contributed by atoms with van der Waals surface area (Å²) in [6, 6.07) is 6.53. The Morgan fingerprint density at radius 1 is 1.56 bits per heavy atom. The third-order valence-corrected chi connectivity index (χ3v) is 3.45. The highest BCUT2D eigenvalue weighted by Gasteiger charge is 2.29. The number of hydrogen-bond acceptors (Lipinski definition) is 4. The van der Waals surface area contributed by atoms with Crippen LogP contribution in [0.5, 0.6) is 0 Å². The third kappa shape index (κ3) is 3.34. The van der Waals surface area contributed by atoms with Crippen molar-refractivity contribution in [1.82, 2.24) is 9.88 Å². The second kappa shape index (κ2) is 6.03. The van der Waals surface area contributed by atoms with Crippen LogP contribution in [0, 0.1) is 11.3 Å². The first kappa shape index (κ1) is 13.1. The Hall–Kier alpha value is -1.31. The van der Waals surface area contributed by atoms with E-state index in [1.54, 1.807) is 0 Å². The zero-order chi connectivity index (χ0) is 13.0. The van der Waals surface area contributed by atoms with Crippen molar-refractivity contribution < 1.29 is 0 Å². The number of nitrogens with one attached hydrogen (secondary N) is 1. The van der Waals surface area contributed by atoms with Crippen molar-refractivity contribution in [2.45, 2.75) is 31.8 Å². The fourth-order valence-electron chi connectivity index (χ4n) is 1.95. The maximum Gasteiger partial charge on any atom is 0.126 e. The van der Waals surface area contributed by atoms with Crippen LogP contribution in [-0.4, -0.2) is 29.5 Å². The molecule has 18 heavy (non-hydrogen) atoms. The van der Waals surface area contributed by atoms with Crippen LogP contribution in [0.4, 0.5) is 5.82 Å². The van der Waals surface area contributed by atoms with Crippen LogP contribution >= 0.6 is 11.6 Å². The average Bonchev–Trinajstić information content (AvgIpc) is 3.21. The number of nitrogens with zero attached hydrogens (tertiary/aromatic N) is 3. The van der Waals surface area contributed by atoms with Crippen LogP contribution in [-0.2, 0) is 6.54 Å². The van der Waals surface area contributed by atoms with Crippen LogP contribution in [0.25, 0.3) is 0 Å². The van der Waals surface area contributed by atoms with Crippen LogP contribution in [0.3, 0.4) is 0 Å². The van der Waals surface area contributed by atoms with Crippen LogP contribution < -0.4 is 5.32 Å². The molecule has 0 atom stereocenters. The molecule has 1 fully saturated rings. The van der Waals surface area contributed by atoms with Gasteiger partial charge in [0.1, 0.15) is 5.82 Å². The minimum Gasteiger partial charge on any atom is -0.373 e. The smallest absolute Gasteiger partial charge is 0.126 e. The highest BCUT2D eigenvalue weighted by Crippen LogP contribution is 2.29. The van der Waals surface area contributed by atoms with Gasteiger partial charge in [-0.05, 0) is 25.0 Å². The molecule has 1 aromatic heterocycles. The van der Waals surface area contributed by atoms with Gasteiger partial charge in [0, 0.05) is 32.6 Å². The van der Waals surface area contributed by atoms with E-state index < -0.39 is 0 Å². The van der Waals surface area contributed by atoms with Crippen molar-refractivity contribution >= 4 is 17.4 Å². The Labute approximate surface area is 113 Å². The molecule has 0 bridgehead atoms. The van der Waals surface area contributed by atoms with E-state index in [0.29, 0.717) is 17.5 Å². The Morgan fingerprint density at radius 3 is 2.94 bits per heavy atom. The Bertz CT molecular complexity index is 451. The summed E-state index contributed by atoms with van der Waals surface area (Å²) in [7, 11) is 1.84. The van der Waals surface area contributed by atoms with Crippen molar-refractivity contribution in [2.24, 2.45) is 0 Å². The van der Waals surface area contributed by atoms with Gasteiger partial charge in [-0.25, -0.2) is 4.98 Å². The van der Waals surface area contributed by atoms with Crippen molar-refractivity contribution in [2.75, 3.05) is 18.9 Å². The van der Waals surface area contributed by atoms with Gasteiger partial charge in [0.2, 0.25) is 0 Å². The predicted molar refractivity (Wildman–Crippen MR) is 72.5 cm³/mol. The molecular formula is C13H17ClN4. The van der Waals surface area contributed by atoms with Gasteiger partial charge < -0.3 is 5.32 Å². The summed E-state index contributed by atoms with van der Waals surface area (Å²) in [4.78, 5) is 6.78. The first-order valence-corrected chi connectivity index (χ1v) is 6.56. The van der Waals surface area contributed by atoms with E-state index in [-0.39, 0.29) is 0 Å². The molecule has 5 heteroatoms. The molecule has 1 aromatic rings. The molecule has 4 nitrogen and oxygen atoms in total. The summed E-state index contributed by atoms with van der Waals surface area (Å²) in [6.07, 6.45) is 2.99. The quantitative estimate of drug-likeness (QED) is 0.858. The molecule has 1 aliphatic carbocycles. The summed E-state index contributed by atoms with van der Waals surface area (Å²) < 4.78 is 0. The second-order valence-electron chi connectivity index (χ2n) is 4.48. The third-order valence-electron chi connectivity index (χ3n) is 3.10. The minimum absolute atomic E-state index is 0.555. The van der Waals surface area contributed by atoms with Gasteiger partial charge in [-0.2, -0.15) is 5.26 Å². The number of rotatable bonds is 6. The molecule has 0 radical (unpaired) electrons. The summed E-state index contributed by atoms with van der Waals surface area (Å²) in [5.74, 6) is 0.824. The molecule has 0 spiro atoms. The Morgan fingerprint density at radius 2 is 2.33 bits per heavy atom. The lowest BCUT2D eigenvalue weighted by atomic mass is 10.3. The van der Waals surface area contributed by atoms with E-state index in [0.717, 1.165) is 24.6 Å². The van der Waals surface area contributed by atoms with E-state index in [1.807, 2.05) is 19.2 Å². The second-order valence-corrected chi connectivity index (χ2v) is 4.89. The molecule has 0 amide bonds. The molecule has 96 valence electrons. The normalized spacial score (nSPS) is 14.6. The summed E-state index contributed by atoms with van der Waals surface area (Å²) >= 11 is 6.17. The number of halogens is 1. The lowest BCUT2D eigenvalue weighted by Gasteiger charge is -2.21. The molecule has 0 saturated heterocycles. The zero-order valence-corrected chi connectivity index (χ0v) is 11.2. The summed E-state index contributed by atoms with van der Waals surface area (Å²) in [5.41, 5.74) is 0.883. The molecule has 1 saturated carbocycles. The number of hydrogen-bond donors (Lipinski definition) is 1. The highest BCUT2D eigenvalue weighted by atomic mass is 35.5.